The van der Waals surface area contributed by atoms with Crippen LogP contribution in [0.4, 0.5) is 5.69 Å². The van der Waals surface area contributed by atoms with Gasteiger partial charge in [-0.25, -0.2) is 0 Å². The summed E-state index contributed by atoms with van der Waals surface area (Å²) in [5, 5.41) is 0. The first-order valence-electron chi connectivity index (χ1n) is 23.5. The van der Waals surface area contributed by atoms with E-state index in [1.54, 1.807) is 0 Å². The van der Waals surface area contributed by atoms with Gasteiger partial charge >= 0.3 is 0 Å². The van der Waals surface area contributed by atoms with E-state index in [1.165, 1.54) is 44.5 Å². The average Bonchev–Trinajstić information content (AvgIpc) is 3.78. The second-order valence-electron chi connectivity index (χ2n) is 18.0. The van der Waals surface area contributed by atoms with Gasteiger partial charge in [0.2, 0.25) is 0 Å². The Morgan fingerprint density at radius 1 is 0.194 bits per heavy atom. The molecule has 1 nitrogen and oxygen atoms in total. The standard InChI is InChI=1S/C66H49N/c1-10-30-50(31-11-1)62(51-32-12-2-13-33-51)61-63(52-34-14-3-15-35-52,59-48-28-29-49-60(59)67-61)65(55-40-20-6-21-41-55,56-42-22-7-23-43-56)66(57-44-24-8-25-45-57,58-46-26-9-27-47-58)64(62,53-36-16-4-17-37-53)54-38-18-5-19-39-54/h1-49H. The van der Waals surface area contributed by atoms with Crippen molar-refractivity contribution in [2.24, 2.45) is 4.99 Å². The molecule has 0 saturated heterocycles. The Morgan fingerprint density at radius 3 is 0.731 bits per heavy atom. The summed E-state index contributed by atoms with van der Waals surface area (Å²) < 4.78 is 0. The van der Waals surface area contributed by atoms with E-state index in [2.05, 4.69) is 297 Å². The number of hydrogen-bond donors (Lipinski definition) is 0. The van der Waals surface area contributed by atoms with Crippen LogP contribution in [0.5, 0.6) is 0 Å². The number of aliphatic imine (C=N–C) groups is 1. The lowest BCUT2D eigenvalue weighted by molar-refractivity contribution is 0.0907. The van der Waals surface area contributed by atoms with E-state index < -0.39 is 27.1 Å². The summed E-state index contributed by atoms with van der Waals surface area (Å²) in [4.78, 5) is 6.39. The highest BCUT2D eigenvalue weighted by Gasteiger charge is 2.86. The van der Waals surface area contributed by atoms with Gasteiger partial charge in [0.05, 0.1) is 38.5 Å². The molecule has 318 valence electrons. The zero-order valence-corrected chi connectivity index (χ0v) is 37.2. The Hall–Kier alpha value is -8.13. The van der Waals surface area contributed by atoms with Gasteiger partial charge in [0.1, 0.15) is 0 Å². The molecule has 1 saturated carbocycles. The minimum atomic E-state index is -1.08. The van der Waals surface area contributed by atoms with Crippen LogP contribution in [0.1, 0.15) is 55.6 Å². The van der Waals surface area contributed by atoms with Gasteiger partial charge in [-0.3, -0.25) is 4.99 Å². The molecule has 0 spiro atoms. The molecule has 1 aliphatic heterocycles. The van der Waals surface area contributed by atoms with Crippen LogP contribution in [0.3, 0.4) is 0 Å². The maximum absolute atomic E-state index is 6.39. The highest BCUT2D eigenvalue weighted by Crippen LogP contribution is 2.81. The predicted octanol–water partition coefficient (Wildman–Crippen LogP) is 15.0. The maximum atomic E-state index is 6.39. The van der Waals surface area contributed by atoms with Crippen LogP contribution >= 0.6 is 0 Å². The molecule has 0 aromatic heterocycles. The number of nitrogens with zero attached hydrogens (tertiary/aromatic N) is 1. The van der Waals surface area contributed by atoms with Crippen LogP contribution in [0.15, 0.2) is 302 Å². The van der Waals surface area contributed by atoms with E-state index in [4.69, 9.17) is 4.99 Å². The molecular weight excluding hydrogens is 807 g/mol. The normalized spacial score (nSPS) is 18.2. The number of hydrogen-bond acceptors (Lipinski definition) is 1. The van der Waals surface area contributed by atoms with Crippen molar-refractivity contribution < 1.29 is 0 Å². The minimum Gasteiger partial charge on any atom is -0.255 e. The van der Waals surface area contributed by atoms with Crippen molar-refractivity contribution in [1.29, 1.82) is 0 Å². The fourth-order valence-corrected chi connectivity index (χ4v) is 13.7. The van der Waals surface area contributed by atoms with E-state index in [0.717, 1.165) is 22.5 Å². The highest BCUT2D eigenvalue weighted by molar-refractivity contribution is 6.18. The molecule has 1 unspecified atom stereocenters. The van der Waals surface area contributed by atoms with Gasteiger partial charge < -0.3 is 0 Å². The molecule has 10 aromatic carbocycles. The zero-order chi connectivity index (χ0) is 44.8. The topological polar surface area (TPSA) is 12.4 Å². The molecular formula is C66H49N. The largest absolute Gasteiger partial charge is 0.255 e. The van der Waals surface area contributed by atoms with E-state index in [1.807, 2.05) is 0 Å². The molecule has 0 radical (unpaired) electrons. The van der Waals surface area contributed by atoms with Crippen molar-refractivity contribution in [3.63, 3.8) is 0 Å². The molecule has 1 heteroatoms. The predicted molar refractivity (Wildman–Crippen MR) is 275 cm³/mol. The molecule has 67 heavy (non-hydrogen) atoms. The van der Waals surface area contributed by atoms with Crippen LogP contribution in [0, 0.1) is 0 Å². The average molecular weight is 856 g/mol. The van der Waals surface area contributed by atoms with Crippen LogP contribution in [-0.2, 0) is 27.1 Å². The third kappa shape index (κ3) is 5.17. The molecule has 1 aliphatic carbocycles. The van der Waals surface area contributed by atoms with Gasteiger partial charge in [-0.15, -0.1) is 0 Å². The van der Waals surface area contributed by atoms with Crippen LogP contribution in [0.25, 0.3) is 0 Å². The first-order chi connectivity index (χ1) is 33.3. The number of benzene rings is 10. The first kappa shape index (κ1) is 40.4. The zero-order valence-electron chi connectivity index (χ0n) is 37.2. The lowest BCUT2D eigenvalue weighted by Gasteiger charge is -2.76. The second kappa shape index (κ2) is 16.1. The maximum Gasteiger partial charge on any atom is 0.0768 e. The Morgan fingerprint density at radius 2 is 0.418 bits per heavy atom. The fourth-order valence-electron chi connectivity index (χ4n) is 13.7. The van der Waals surface area contributed by atoms with Gasteiger partial charge in [-0.05, 0) is 61.7 Å². The molecule has 2 aliphatic rings. The van der Waals surface area contributed by atoms with Crippen LogP contribution in [0.2, 0.25) is 0 Å². The SMILES string of the molecule is c1ccc(C2(c3ccccc3)C3=Nc4ccccc4C3(c3ccccc3)C(c3ccccc3)(c3ccccc3)C(c3ccccc3)(c3ccccc3)C2(c2ccccc2)c2ccccc2)cc1. The third-order valence-electron chi connectivity index (χ3n) is 15.4. The third-order valence-corrected chi connectivity index (χ3v) is 15.4. The van der Waals surface area contributed by atoms with Crippen molar-refractivity contribution in [3.8, 4) is 0 Å². The Bertz CT molecular complexity index is 3140. The van der Waals surface area contributed by atoms with E-state index in [0.29, 0.717) is 0 Å². The monoisotopic (exact) mass is 855 g/mol. The minimum absolute atomic E-state index is 0.973. The number of rotatable bonds is 9. The quantitative estimate of drug-likeness (QED) is 0.137. The molecule has 0 N–H and O–H groups in total. The Balaban J connectivity index is 1.56. The van der Waals surface area contributed by atoms with Gasteiger partial charge in [-0.1, -0.05) is 291 Å². The lowest BCUT2D eigenvalue weighted by atomic mass is 9.22. The van der Waals surface area contributed by atoms with Crippen molar-refractivity contribution in [2.45, 2.75) is 27.1 Å². The molecule has 0 bridgehead atoms. The summed E-state index contributed by atoms with van der Waals surface area (Å²) in [5.41, 5.74) is 8.56. The van der Waals surface area contributed by atoms with Gasteiger partial charge in [-0.2, -0.15) is 0 Å². The number of para-hydroxylation sites is 1. The molecule has 10 aromatic rings. The van der Waals surface area contributed by atoms with Gasteiger partial charge in [0.25, 0.3) is 0 Å². The Labute approximate surface area is 394 Å². The summed E-state index contributed by atoms with van der Waals surface area (Å²) in [7, 11) is 0. The van der Waals surface area contributed by atoms with Crippen molar-refractivity contribution in [2.75, 3.05) is 0 Å². The van der Waals surface area contributed by atoms with Gasteiger partial charge in [0, 0.05) is 0 Å². The second-order valence-corrected chi connectivity index (χ2v) is 18.0. The van der Waals surface area contributed by atoms with Crippen molar-refractivity contribution >= 4 is 11.4 Å². The number of fused-ring (bicyclic) bond motifs is 3. The van der Waals surface area contributed by atoms with Crippen molar-refractivity contribution in [3.05, 3.63) is 353 Å². The molecule has 1 atom stereocenters. The molecule has 12 rings (SSSR count). The van der Waals surface area contributed by atoms with Crippen molar-refractivity contribution in [1.82, 2.24) is 0 Å². The van der Waals surface area contributed by atoms with E-state index in [9.17, 15) is 0 Å². The first-order valence-corrected chi connectivity index (χ1v) is 23.5. The van der Waals surface area contributed by atoms with Crippen LogP contribution < -0.4 is 0 Å². The summed E-state index contributed by atoms with van der Waals surface area (Å²) in [6, 6.07) is 112. The fraction of sp³-hybridized carbons (Fsp3) is 0.0758. The van der Waals surface area contributed by atoms with E-state index >= 15 is 0 Å². The highest BCUT2D eigenvalue weighted by atomic mass is 15.0. The smallest absolute Gasteiger partial charge is 0.0768 e. The van der Waals surface area contributed by atoms with Gasteiger partial charge in [0.15, 0.2) is 0 Å². The molecule has 1 fully saturated rings. The van der Waals surface area contributed by atoms with E-state index in [-0.39, 0.29) is 0 Å². The summed E-state index contributed by atoms with van der Waals surface area (Å²) in [6.45, 7) is 0. The summed E-state index contributed by atoms with van der Waals surface area (Å²) >= 11 is 0. The molecule has 0 amide bonds. The van der Waals surface area contributed by atoms with Crippen LogP contribution in [-0.4, -0.2) is 5.71 Å². The Kier molecular flexibility index (Phi) is 9.70. The summed E-state index contributed by atoms with van der Waals surface area (Å²) in [6.07, 6.45) is 0. The lowest BCUT2D eigenvalue weighted by Crippen LogP contribution is -2.83. The summed E-state index contributed by atoms with van der Waals surface area (Å²) in [5.74, 6) is 0. The molecule has 1 heterocycles.